The van der Waals surface area contributed by atoms with Crippen LogP contribution >= 0.6 is 11.3 Å². The third kappa shape index (κ3) is 4.24. The molecule has 0 aliphatic rings. The topological polar surface area (TPSA) is 23.5 Å². The van der Waals surface area contributed by atoms with Crippen molar-refractivity contribution in [2.24, 2.45) is 5.41 Å². The fraction of sp³-hybridized carbons (Fsp3) is 0.692. The van der Waals surface area contributed by atoms with E-state index in [4.69, 9.17) is 0 Å². The lowest BCUT2D eigenvalue weighted by Crippen LogP contribution is -2.39. The highest BCUT2D eigenvalue weighted by Gasteiger charge is 2.21. The zero-order chi connectivity index (χ0) is 12.2. The minimum atomic E-state index is -0.0154. The largest absolute Gasteiger partial charge is 0.396 e. The number of rotatable bonds is 6. The molecule has 1 aromatic heterocycles. The van der Waals surface area contributed by atoms with Crippen molar-refractivity contribution >= 4 is 11.3 Å². The summed E-state index contributed by atoms with van der Waals surface area (Å²) >= 11 is 1.82. The summed E-state index contributed by atoms with van der Waals surface area (Å²) in [6, 6.07) is 4.81. The van der Waals surface area contributed by atoms with Gasteiger partial charge in [0.1, 0.15) is 0 Å². The van der Waals surface area contributed by atoms with Crippen molar-refractivity contribution < 1.29 is 5.11 Å². The predicted octanol–water partition coefficient (Wildman–Crippen LogP) is 2.63. The van der Waals surface area contributed by atoms with Gasteiger partial charge < -0.3 is 10.0 Å². The summed E-state index contributed by atoms with van der Waals surface area (Å²) in [5.74, 6) is 0. The molecular weight excluding hydrogens is 218 g/mol. The Morgan fingerprint density at radius 1 is 1.50 bits per heavy atom. The van der Waals surface area contributed by atoms with Crippen molar-refractivity contribution in [3.05, 3.63) is 22.4 Å². The quantitative estimate of drug-likeness (QED) is 0.827. The summed E-state index contributed by atoms with van der Waals surface area (Å²) in [4.78, 5) is 3.76. The van der Waals surface area contributed by atoms with E-state index in [2.05, 4.69) is 50.2 Å². The molecule has 92 valence electrons. The summed E-state index contributed by atoms with van der Waals surface area (Å²) in [5, 5.41) is 11.4. The summed E-state index contributed by atoms with van der Waals surface area (Å²) in [7, 11) is 2.13. The highest BCUT2D eigenvalue weighted by molar-refractivity contribution is 7.09. The van der Waals surface area contributed by atoms with Crippen molar-refractivity contribution in [3.8, 4) is 0 Å². The Morgan fingerprint density at radius 3 is 2.69 bits per heavy atom. The Labute approximate surface area is 103 Å². The van der Waals surface area contributed by atoms with Crippen LogP contribution in [0.3, 0.4) is 0 Å². The van der Waals surface area contributed by atoms with Crippen LogP contribution in [0.15, 0.2) is 17.5 Å². The molecule has 2 nitrogen and oxygen atoms in total. The van der Waals surface area contributed by atoms with Crippen LogP contribution in [0.4, 0.5) is 0 Å². The van der Waals surface area contributed by atoms with Gasteiger partial charge >= 0.3 is 0 Å². The standard InChI is InChI=1S/C13H23NOS/c1-11(8-12-6-5-7-16-12)14(4)9-13(2,3)10-15/h5-7,11,15H,8-10H2,1-4H3. The van der Waals surface area contributed by atoms with Crippen molar-refractivity contribution in [1.29, 1.82) is 0 Å². The number of hydrogen-bond donors (Lipinski definition) is 1. The second-order valence-corrected chi connectivity index (χ2v) is 6.40. The van der Waals surface area contributed by atoms with Gasteiger partial charge in [0.2, 0.25) is 0 Å². The molecule has 0 saturated heterocycles. The molecule has 0 aromatic carbocycles. The van der Waals surface area contributed by atoms with Gasteiger partial charge in [0, 0.05) is 29.5 Å². The van der Waals surface area contributed by atoms with E-state index in [1.54, 1.807) is 0 Å². The van der Waals surface area contributed by atoms with Crippen LogP contribution in [0.25, 0.3) is 0 Å². The van der Waals surface area contributed by atoms with Gasteiger partial charge in [0.25, 0.3) is 0 Å². The lowest BCUT2D eigenvalue weighted by Gasteiger charge is -2.32. The molecule has 0 amide bonds. The maximum Gasteiger partial charge on any atom is 0.0494 e. The van der Waals surface area contributed by atoms with E-state index in [1.165, 1.54) is 4.88 Å². The average Bonchev–Trinajstić information content (AvgIpc) is 2.69. The van der Waals surface area contributed by atoms with Gasteiger partial charge in [-0.05, 0) is 31.8 Å². The summed E-state index contributed by atoms with van der Waals surface area (Å²) in [6.45, 7) is 7.61. The minimum Gasteiger partial charge on any atom is -0.396 e. The van der Waals surface area contributed by atoms with E-state index in [9.17, 15) is 5.11 Å². The third-order valence-corrected chi connectivity index (χ3v) is 3.83. The number of thiophene rings is 1. The number of aliphatic hydroxyl groups excluding tert-OH is 1. The molecule has 1 rings (SSSR count). The lowest BCUT2D eigenvalue weighted by atomic mass is 9.93. The van der Waals surface area contributed by atoms with Crippen LogP contribution in [0, 0.1) is 5.41 Å². The van der Waals surface area contributed by atoms with Gasteiger partial charge in [-0.2, -0.15) is 0 Å². The van der Waals surface area contributed by atoms with E-state index in [0.717, 1.165) is 13.0 Å². The van der Waals surface area contributed by atoms with Gasteiger partial charge in [-0.15, -0.1) is 11.3 Å². The summed E-state index contributed by atoms with van der Waals surface area (Å²) in [6.07, 6.45) is 1.09. The smallest absolute Gasteiger partial charge is 0.0494 e. The molecule has 1 heterocycles. The zero-order valence-corrected chi connectivity index (χ0v) is 11.5. The van der Waals surface area contributed by atoms with Crippen LogP contribution in [0.5, 0.6) is 0 Å². The first kappa shape index (κ1) is 13.7. The van der Waals surface area contributed by atoms with Crippen LogP contribution in [-0.2, 0) is 6.42 Å². The Bertz CT molecular complexity index is 295. The van der Waals surface area contributed by atoms with Crippen LogP contribution in [0.2, 0.25) is 0 Å². The molecule has 1 N–H and O–H groups in total. The van der Waals surface area contributed by atoms with E-state index < -0.39 is 0 Å². The van der Waals surface area contributed by atoms with Crippen molar-refractivity contribution in [2.45, 2.75) is 33.2 Å². The molecule has 1 atom stereocenters. The monoisotopic (exact) mass is 241 g/mol. The van der Waals surface area contributed by atoms with Gasteiger partial charge in [0.15, 0.2) is 0 Å². The molecule has 3 heteroatoms. The second-order valence-electron chi connectivity index (χ2n) is 5.37. The van der Waals surface area contributed by atoms with Gasteiger partial charge in [-0.3, -0.25) is 0 Å². The lowest BCUT2D eigenvalue weighted by molar-refractivity contribution is 0.0987. The molecule has 0 fully saturated rings. The maximum atomic E-state index is 9.26. The normalized spacial score (nSPS) is 14.4. The minimum absolute atomic E-state index is 0.0154. The Balaban J connectivity index is 2.45. The molecule has 0 saturated carbocycles. The average molecular weight is 241 g/mol. The highest BCUT2D eigenvalue weighted by atomic mass is 32.1. The molecule has 0 aliphatic carbocycles. The third-order valence-electron chi connectivity index (χ3n) is 2.93. The van der Waals surface area contributed by atoms with Crippen molar-refractivity contribution in [1.82, 2.24) is 4.90 Å². The van der Waals surface area contributed by atoms with Crippen LogP contribution in [0.1, 0.15) is 25.6 Å². The summed E-state index contributed by atoms with van der Waals surface area (Å²) < 4.78 is 0. The van der Waals surface area contributed by atoms with E-state index in [0.29, 0.717) is 6.04 Å². The van der Waals surface area contributed by atoms with Crippen molar-refractivity contribution in [3.63, 3.8) is 0 Å². The van der Waals surface area contributed by atoms with Crippen molar-refractivity contribution in [2.75, 3.05) is 20.2 Å². The van der Waals surface area contributed by atoms with Gasteiger partial charge in [0.05, 0.1) is 0 Å². The number of nitrogens with zero attached hydrogens (tertiary/aromatic N) is 1. The fourth-order valence-electron chi connectivity index (χ4n) is 1.76. The number of likely N-dealkylation sites (N-methyl/N-ethyl adjacent to an activating group) is 1. The fourth-order valence-corrected chi connectivity index (χ4v) is 2.58. The molecule has 16 heavy (non-hydrogen) atoms. The molecular formula is C13H23NOS. The second kappa shape index (κ2) is 5.80. The van der Waals surface area contributed by atoms with Crippen LogP contribution < -0.4 is 0 Å². The molecule has 0 bridgehead atoms. The first-order valence-electron chi connectivity index (χ1n) is 5.78. The van der Waals surface area contributed by atoms with E-state index >= 15 is 0 Å². The zero-order valence-electron chi connectivity index (χ0n) is 10.7. The first-order chi connectivity index (χ1) is 7.44. The summed E-state index contributed by atoms with van der Waals surface area (Å²) in [5.41, 5.74) is -0.0154. The molecule has 0 radical (unpaired) electrons. The van der Waals surface area contributed by atoms with Gasteiger partial charge in [-0.1, -0.05) is 19.9 Å². The first-order valence-corrected chi connectivity index (χ1v) is 6.66. The van der Waals surface area contributed by atoms with E-state index in [-0.39, 0.29) is 12.0 Å². The maximum absolute atomic E-state index is 9.26. The molecule has 0 aliphatic heterocycles. The highest BCUT2D eigenvalue weighted by Crippen LogP contribution is 2.19. The van der Waals surface area contributed by atoms with Gasteiger partial charge in [-0.25, -0.2) is 0 Å². The SMILES string of the molecule is CC(Cc1cccs1)N(C)CC(C)(C)CO. The number of aliphatic hydroxyl groups is 1. The Kier molecular flexibility index (Phi) is 4.96. The molecule has 0 spiro atoms. The van der Waals surface area contributed by atoms with Crippen LogP contribution in [-0.4, -0.2) is 36.2 Å². The molecule has 1 aromatic rings. The Morgan fingerprint density at radius 2 is 2.19 bits per heavy atom. The predicted molar refractivity (Wildman–Crippen MR) is 71.0 cm³/mol. The number of hydrogen-bond acceptors (Lipinski definition) is 3. The van der Waals surface area contributed by atoms with E-state index in [1.807, 2.05) is 11.3 Å². The molecule has 1 unspecified atom stereocenters. The Hall–Kier alpha value is -0.380.